The van der Waals surface area contributed by atoms with E-state index in [1.165, 1.54) is 24.9 Å². The van der Waals surface area contributed by atoms with E-state index in [0.29, 0.717) is 24.2 Å². The Balaban J connectivity index is 1.65. The number of hydrogen-bond acceptors (Lipinski definition) is 5. The molecule has 1 N–H and O–H groups in total. The van der Waals surface area contributed by atoms with Gasteiger partial charge in [-0.25, -0.2) is 4.98 Å². The molecule has 1 saturated heterocycles. The van der Waals surface area contributed by atoms with Gasteiger partial charge in [0.2, 0.25) is 5.28 Å². The van der Waals surface area contributed by atoms with E-state index in [2.05, 4.69) is 28.4 Å². The van der Waals surface area contributed by atoms with Crippen LogP contribution in [0.3, 0.4) is 0 Å². The fourth-order valence-electron chi connectivity index (χ4n) is 3.18. The molecule has 1 aliphatic heterocycles. The van der Waals surface area contributed by atoms with Crippen LogP contribution in [0.4, 0.5) is 5.82 Å². The van der Waals surface area contributed by atoms with Gasteiger partial charge in [-0.2, -0.15) is 4.98 Å². The van der Waals surface area contributed by atoms with E-state index in [9.17, 15) is 0 Å². The number of anilines is 1. The van der Waals surface area contributed by atoms with Crippen LogP contribution in [0.5, 0.6) is 11.5 Å². The summed E-state index contributed by atoms with van der Waals surface area (Å²) in [5, 5.41) is 3.76. The lowest BCUT2D eigenvalue weighted by Gasteiger charge is -2.33. The first-order valence-corrected chi connectivity index (χ1v) is 12.8. The van der Waals surface area contributed by atoms with Gasteiger partial charge in [0.15, 0.2) is 11.6 Å². The minimum Gasteiger partial charge on any atom is -0.497 e. The molecule has 1 fully saturated rings. The van der Waals surface area contributed by atoms with Gasteiger partial charge in [-0.05, 0) is 42.1 Å². The standard InChI is InChI=1S/C19H26ClN3O2Si/c1-24-16-6-4-14(5-7-16)13-25-17-12-21-19(20)23-18(17)22-15-8-10-26(2,3)11-9-15/h4-7,12,15H,8-11,13H2,1-3H3,(H,21,22,23). The third kappa shape index (κ3) is 5.11. The SMILES string of the molecule is COc1ccc(COc2cnc(Cl)nc2NC2CC[Si](C)(C)CC2)cc1. The summed E-state index contributed by atoms with van der Waals surface area (Å²) in [5.41, 5.74) is 1.05. The number of nitrogens with zero attached hydrogens (tertiary/aromatic N) is 2. The summed E-state index contributed by atoms with van der Waals surface area (Å²) in [5.74, 6) is 2.15. The zero-order chi connectivity index (χ0) is 18.6. The van der Waals surface area contributed by atoms with Crippen LogP contribution >= 0.6 is 11.6 Å². The topological polar surface area (TPSA) is 56.3 Å². The second-order valence-electron chi connectivity index (χ2n) is 7.57. The molecule has 0 aliphatic carbocycles. The molecule has 1 aromatic heterocycles. The number of aromatic nitrogens is 2. The average Bonchev–Trinajstić information content (AvgIpc) is 2.63. The summed E-state index contributed by atoms with van der Waals surface area (Å²) < 4.78 is 11.1. The number of methoxy groups -OCH3 is 1. The second-order valence-corrected chi connectivity index (χ2v) is 13.2. The third-order valence-electron chi connectivity index (χ3n) is 4.96. The molecule has 0 bridgehead atoms. The van der Waals surface area contributed by atoms with Crippen molar-refractivity contribution in [2.24, 2.45) is 0 Å². The molecule has 1 aliphatic rings. The van der Waals surface area contributed by atoms with E-state index in [0.717, 1.165) is 11.3 Å². The molecule has 3 rings (SSSR count). The molecule has 0 radical (unpaired) electrons. The molecule has 0 amide bonds. The molecule has 5 nitrogen and oxygen atoms in total. The van der Waals surface area contributed by atoms with Crippen LogP contribution in [0.1, 0.15) is 18.4 Å². The van der Waals surface area contributed by atoms with Crippen molar-refractivity contribution in [1.29, 1.82) is 0 Å². The molecule has 0 unspecified atom stereocenters. The van der Waals surface area contributed by atoms with E-state index in [-0.39, 0.29) is 5.28 Å². The minimum absolute atomic E-state index is 0.231. The first kappa shape index (κ1) is 19.0. The monoisotopic (exact) mass is 391 g/mol. The fraction of sp³-hybridized carbons (Fsp3) is 0.474. The van der Waals surface area contributed by atoms with Crippen molar-refractivity contribution in [2.75, 3.05) is 12.4 Å². The third-order valence-corrected chi connectivity index (χ3v) is 8.43. The highest BCUT2D eigenvalue weighted by atomic mass is 35.5. The molecule has 140 valence electrons. The highest BCUT2D eigenvalue weighted by molar-refractivity contribution is 6.77. The molecule has 26 heavy (non-hydrogen) atoms. The summed E-state index contributed by atoms with van der Waals surface area (Å²) in [7, 11) is 0.675. The highest BCUT2D eigenvalue weighted by Gasteiger charge is 2.29. The van der Waals surface area contributed by atoms with Crippen molar-refractivity contribution in [2.45, 2.75) is 50.7 Å². The van der Waals surface area contributed by atoms with Gasteiger partial charge in [0.25, 0.3) is 0 Å². The number of nitrogens with one attached hydrogen (secondary N) is 1. The Bertz CT molecular complexity index is 730. The first-order valence-electron chi connectivity index (χ1n) is 9.00. The normalized spacial score (nSPS) is 16.9. The van der Waals surface area contributed by atoms with Crippen LogP contribution < -0.4 is 14.8 Å². The van der Waals surface area contributed by atoms with Gasteiger partial charge in [0, 0.05) is 14.1 Å². The lowest BCUT2D eigenvalue weighted by Crippen LogP contribution is -2.36. The van der Waals surface area contributed by atoms with E-state index >= 15 is 0 Å². The first-order chi connectivity index (χ1) is 12.4. The molecule has 0 saturated carbocycles. The van der Waals surface area contributed by atoms with Crippen molar-refractivity contribution in [3.05, 3.63) is 41.3 Å². The summed E-state index contributed by atoms with van der Waals surface area (Å²) in [4.78, 5) is 8.42. The Morgan fingerprint density at radius 2 is 1.88 bits per heavy atom. The van der Waals surface area contributed by atoms with Crippen molar-refractivity contribution in [1.82, 2.24) is 9.97 Å². The molecule has 7 heteroatoms. The van der Waals surface area contributed by atoms with Gasteiger partial charge >= 0.3 is 0 Å². The number of rotatable bonds is 6. The quantitative estimate of drug-likeness (QED) is 0.554. The highest BCUT2D eigenvalue weighted by Crippen LogP contribution is 2.32. The smallest absolute Gasteiger partial charge is 0.224 e. The number of halogens is 1. The zero-order valence-electron chi connectivity index (χ0n) is 15.6. The van der Waals surface area contributed by atoms with Gasteiger partial charge in [0.05, 0.1) is 13.3 Å². The Hall–Kier alpha value is -1.79. The fourth-order valence-corrected chi connectivity index (χ4v) is 5.82. The number of ether oxygens (including phenoxy) is 2. The van der Waals surface area contributed by atoms with Crippen molar-refractivity contribution in [3.63, 3.8) is 0 Å². The predicted octanol–water partition coefficient (Wildman–Crippen LogP) is 5.00. The largest absolute Gasteiger partial charge is 0.497 e. The summed E-state index contributed by atoms with van der Waals surface area (Å²) in [6.45, 7) is 5.37. The maximum atomic E-state index is 6.01. The van der Waals surface area contributed by atoms with Gasteiger partial charge < -0.3 is 14.8 Å². The summed E-state index contributed by atoms with van der Waals surface area (Å²) in [6, 6.07) is 10.9. The molecule has 2 aromatic rings. The summed E-state index contributed by atoms with van der Waals surface area (Å²) in [6.07, 6.45) is 4.00. The number of hydrogen-bond donors (Lipinski definition) is 1. The van der Waals surface area contributed by atoms with E-state index in [1.807, 2.05) is 24.3 Å². The van der Waals surface area contributed by atoms with Crippen LogP contribution in [-0.2, 0) is 6.61 Å². The van der Waals surface area contributed by atoms with Crippen molar-refractivity contribution >= 4 is 25.5 Å². The van der Waals surface area contributed by atoms with E-state index in [1.54, 1.807) is 13.3 Å². The van der Waals surface area contributed by atoms with Crippen molar-refractivity contribution < 1.29 is 9.47 Å². The van der Waals surface area contributed by atoms with Crippen LogP contribution in [0.2, 0.25) is 30.5 Å². The maximum Gasteiger partial charge on any atom is 0.224 e. The number of benzene rings is 1. The van der Waals surface area contributed by atoms with Crippen LogP contribution in [-0.4, -0.2) is 31.2 Å². The lowest BCUT2D eigenvalue weighted by atomic mass is 10.1. The molecule has 2 heterocycles. The lowest BCUT2D eigenvalue weighted by molar-refractivity contribution is 0.304. The summed E-state index contributed by atoms with van der Waals surface area (Å²) >= 11 is 6.01. The molecular formula is C19H26ClN3O2Si. The van der Waals surface area contributed by atoms with Crippen LogP contribution in [0, 0.1) is 0 Å². The van der Waals surface area contributed by atoms with Gasteiger partial charge in [0.1, 0.15) is 12.4 Å². The Morgan fingerprint density at radius 1 is 1.19 bits per heavy atom. The Kier molecular flexibility index (Phi) is 6.04. The Morgan fingerprint density at radius 3 is 2.54 bits per heavy atom. The van der Waals surface area contributed by atoms with Crippen LogP contribution in [0.15, 0.2) is 30.5 Å². The molecule has 0 spiro atoms. The van der Waals surface area contributed by atoms with E-state index < -0.39 is 8.07 Å². The minimum atomic E-state index is -0.981. The average molecular weight is 392 g/mol. The van der Waals surface area contributed by atoms with Gasteiger partial charge in [-0.3, -0.25) is 0 Å². The van der Waals surface area contributed by atoms with E-state index in [4.69, 9.17) is 21.1 Å². The predicted molar refractivity (Wildman–Crippen MR) is 108 cm³/mol. The van der Waals surface area contributed by atoms with Gasteiger partial charge in [-0.1, -0.05) is 37.3 Å². The second kappa shape index (κ2) is 8.27. The Labute approximate surface area is 161 Å². The van der Waals surface area contributed by atoms with Gasteiger partial charge in [-0.15, -0.1) is 0 Å². The molecule has 1 aromatic carbocycles. The molecular weight excluding hydrogens is 366 g/mol. The van der Waals surface area contributed by atoms with Crippen molar-refractivity contribution in [3.8, 4) is 11.5 Å². The maximum absolute atomic E-state index is 6.01. The molecule has 0 atom stereocenters. The zero-order valence-corrected chi connectivity index (χ0v) is 17.3. The van der Waals surface area contributed by atoms with Crippen LogP contribution in [0.25, 0.3) is 0 Å².